The molecule has 4 nitrogen and oxygen atoms in total. The largest absolute Gasteiger partial charge is 0.383 e. The normalized spacial score (nSPS) is 18.0. The Morgan fingerprint density at radius 2 is 2.20 bits per heavy atom. The minimum absolute atomic E-state index is 0.00949. The number of nitrogens with zero attached hydrogens (tertiary/aromatic N) is 1. The van der Waals surface area contributed by atoms with Crippen LogP contribution in [0, 0.1) is 5.92 Å². The quantitative estimate of drug-likeness (QED) is 0.859. The molecule has 1 unspecified atom stereocenters. The first-order chi connectivity index (χ1) is 9.65. The Hall–Kier alpha value is -1.55. The van der Waals surface area contributed by atoms with Gasteiger partial charge in [0.2, 0.25) is 0 Å². The number of nitrogens with one attached hydrogen (secondary N) is 1. The third-order valence-electron chi connectivity index (χ3n) is 3.81. The van der Waals surface area contributed by atoms with Gasteiger partial charge in [0.15, 0.2) is 0 Å². The van der Waals surface area contributed by atoms with Crippen molar-refractivity contribution in [1.29, 1.82) is 0 Å². The molecule has 1 N–H and O–H groups in total. The molecule has 0 saturated heterocycles. The molecule has 20 heavy (non-hydrogen) atoms. The summed E-state index contributed by atoms with van der Waals surface area (Å²) in [6.07, 6.45) is 0.928. The van der Waals surface area contributed by atoms with Gasteiger partial charge in [-0.3, -0.25) is 0 Å². The molecular weight excluding hydrogens is 252 g/mol. The molecule has 0 bridgehead atoms. The second-order valence-electron chi connectivity index (χ2n) is 5.56. The molecule has 0 spiro atoms. The highest BCUT2D eigenvalue weighted by Gasteiger charge is 2.32. The van der Waals surface area contributed by atoms with Crippen LogP contribution in [0.3, 0.4) is 0 Å². The molecule has 0 aliphatic carbocycles. The number of benzene rings is 1. The maximum Gasteiger partial charge on any atom is 0.318 e. The van der Waals surface area contributed by atoms with E-state index in [9.17, 15) is 4.79 Å². The smallest absolute Gasteiger partial charge is 0.318 e. The van der Waals surface area contributed by atoms with Gasteiger partial charge in [-0.1, -0.05) is 38.1 Å². The summed E-state index contributed by atoms with van der Waals surface area (Å²) in [5, 5.41) is 2.93. The van der Waals surface area contributed by atoms with Crippen molar-refractivity contribution in [3.05, 3.63) is 35.4 Å². The van der Waals surface area contributed by atoms with E-state index in [1.165, 1.54) is 11.1 Å². The fraction of sp³-hybridized carbons (Fsp3) is 0.562. The summed E-state index contributed by atoms with van der Waals surface area (Å²) >= 11 is 0. The van der Waals surface area contributed by atoms with Crippen LogP contribution >= 0.6 is 0 Å². The number of urea groups is 1. The number of ether oxygens (including phenoxy) is 1. The van der Waals surface area contributed by atoms with E-state index in [0.29, 0.717) is 19.1 Å². The van der Waals surface area contributed by atoms with Gasteiger partial charge in [0, 0.05) is 20.2 Å². The molecule has 1 aromatic carbocycles. The SMILES string of the molecule is COCCNC(=O)N1CCc2ccccc2C1C(C)C. The topological polar surface area (TPSA) is 41.6 Å². The third kappa shape index (κ3) is 3.12. The van der Waals surface area contributed by atoms with Gasteiger partial charge in [-0.05, 0) is 23.5 Å². The second-order valence-corrected chi connectivity index (χ2v) is 5.56. The summed E-state index contributed by atoms with van der Waals surface area (Å²) in [6, 6.07) is 8.61. The van der Waals surface area contributed by atoms with Crippen LogP contribution in [0.1, 0.15) is 31.0 Å². The van der Waals surface area contributed by atoms with E-state index in [-0.39, 0.29) is 12.1 Å². The van der Waals surface area contributed by atoms with Crippen molar-refractivity contribution < 1.29 is 9.53 Å². The van der Waals surface area contributed by atoms with E-state index in [2.05, 4.69) is 43.4 Å². The van der Waals surface area contributed by atoms with Gasteiger partial charge in [0.25, 0.3) is 0 Å². The van der Waals surface area contributed by atoms with Crippen molar-refractivity contribution >= 4 is 6.03 Å². The van der Waals surface area contributed by atoms with Gasteiger partial charge in [0.05, 0.1) is 12.6 Å². The van der Waals surface area contributed by atoms with E-state index in [1.807, 2.05) is 4.90 Å². The van der Waals surface area contributed by atoms with Crippen molar-refractivity contribution in [1.82, 2.24) is 10.2 Å². The summed E-state index contributed by atoms with van der Waals surface area (Å²) in [5.41, 5.74) is 2.66. The van der Waals surface area contributed by atoms with Gasteiger partial charge in [-0.15, -0.1) is 0 Å². The number of hydrogen-bond donors (Lipinski definition) is 1. The molecule has 0 aromatic heterocycles. The summed E-state index contributed by atoms with van der Waals surface area (Å²) in [4.78, 5) is 14.3. The summed E-state index contributed by atoms with van der Waals surface area (Å²) < 4.78 is 4.98. The number of methoxy groups -OCH3 is 1. The molecule has 110 valence electrons. The Bertz CT molecular complexity index is 460. The van der Waals surface area contributed by atoms with Crippen LogP contribution in [0.4, 0.5) is 4.79 Å². The molecular formula is C16H24N2O2. The Labute approximate surface area is 121 Å². The van der Waals surface area contributed by atoms with E-state index >= 15 is 0 Å². The number of fused-ring (bicyclic) bond motifs is 1. The highest BCUT2D eigenvalue weighted by molar-refractivity contribution is 5.75. The Morgan fingerprint density at radius 3 is 2.90 bits per heavy atom. The lowest BCUT2D eigenvalue weighted by molar-refractivity contribution is 0.143. The summed E-state index contributed by atoms with van der Waals surface area (Å²) in [5.74, 6) is 0.393. The highest BCUT2D eigenvalue weighted by Crippen LogP contribution is 2.34. The minimum atomic E-state index is 0.00949. The van der Waals surface area contributed by atoms with Crippen molar-refractivity contribution in [2.24, 2.45) is 5.92 Å². The van der Waals surface area contributed by atoms with Gasteiger partial charge < -0.3 is 15.0 Å². The van der Waals surface area contributed by atoms with E-state index in [0.717, 1.165) is 13.0 Å². The van der Waals surface area contributed by atoms with Gasteiger partial charge >= 0.3 is 6.03 Å². The number of amides is 2. The van der Waals surface area contributed by atoms with E-state index < -0.39 is 0 Å². The molecule has 4 heteroatoms. The third-order valence-corrected chi connectivity index (χ3v) is 3.81. The summed E-state index contributed by atoms with van der Waals surface area (Å²) in [6.45, 7) is 6.21. The Kier molecular flexibility index (Phi) is 5.01. The second kappa shape index (κ2) is 6.75. The monoisotopic (exact) mass is 276 g/mol. The maximum absolute atomic E-state index is 12.4. The maximum atomic E-state index is 12.4. The fourth-order valence-corrected chi connectivity index (χ4v) is 2.91. The average molecular weight is 276 g/mol. The van der Waals surface area contributed by atoms with Gasteiger partial charge in [-0.25, -0.2) is 4.79 Å². The zero-order valence-electron chi connectivity index (χ0n) is 12.6. The first-order valence-electron chi connectivity index (χ1n) is 7.26. The molecule has 0 saturated carbocycles. The first kappa shape index (κ1) is 14.9. The van der Waals surface area contributed by atoms with Crippen LogP contribution in [0.2, 0.25) is 0 Å². The van der Waals surface area contributed by atoms with Gasteiger partial charge in [-0.2, -0.15) is 0 Å². The number of hydrogen-bond acceptors (Lipinski definition) is 2. The van der Waals surface area contributed by atoms with Crippen LogP contribution in [-0.2, 0) is 11.2 Å². The van der Waals surface area contributed by atoms with E-state index in [1.54, 1.807) is 7.11 Å². The van der Waals surface area contributed by atoms with Crippen LogP contribution in [0.25, 0.3) is 0 Å². The van der Waals surface area contributed by atoms with E-state index in [4.69, 9.17) is 4.74 Å². The van der Waals surface area contributed by atoms with Gasteiger partial charge in [0.1, 0.15) is 0 Å². The Morgan fingerprint density at radius 1 is 1.45 bits per heavy atom. The predicted octanol–water partition coefficient (Wildman–Crippen LogP) is 2.60. The zero-order valence-corrected chi connectivity index (χ0v) is 12.6. The lowest BCUT2D eigenvalue weighted by Gasteiger charge is -2.39. The average Bonchev–Trinajstić information content (AvgIpc) is 2.45. The summed E-state index contributed by atoms with van der Waals surface area (Å²) in [7, 11) is 1.64. The molecule has 1 aromatic rings. The zero-order chi connectivity index (χ0) is 14.5. The minimum Gasteiger partial charge on any atom is -0.383 e. The molecule has 1 atom stereocenters. The molecule has 0 fully saturated rings. The predicted molar refractivity (Wildman–Crippen MR) is 79.7 cm³/mol. The van der Waals surface area contributed by atoms with Crippen molar-refractivity contribution in [2.45, 2.75) is 26.3 Å². The van der Waals surface area contributed by atoms with Crippen molar-refractivity contribution in [3.8, 4) is 0 Å². The molecule has 2 amide bonds. The van der Waals surface area contributed by atoms with Crippen LogP contribution in [0.15, 0.2) is 24.3 Å². The molecule has 1 aliphatic heterocycles. The fourth-order valence-electron chi connectivity index (χ4n) is 2.91. The molecule has 0 radical (unpaired) electrons. The molecule has 1 aliphatic rings. The lowest BCUT2D eigenvalue weighted by atomic mass is 9.86. The number of rotatable bonds is 4. The standard InChI is InChI=1S/C16H24N2O2/c1-12(2)15-14-7-5-4-6-13(14)8-10-18(15)16(19)17-9-11-20-3/h4-7,12,15H,8-11H2,1-3H3,(H,17,19). The number of carbonyl (C=O) groups is 1. The van der Waals surface area contributed by atoms with Crippen LogP contribution < -0.4 is 5.32 Å². The highest BCUT2D eigenvalue weighted by atomic mass is 16.5. The molecule has 1 heterocycles. The molecule has 2 rings (SSSR count). The Balaban J connectivity index is 2.16. The van der Waals surface area contributed by atoms with Crippen molar-refractivity contribution in [2.75, 3.05) is 26.8 Å². The number of carbonyl (C=O) groups excluding carboxylic acids is 1. The van der Waals surface area contributed by atoms with Crippen LogP contribution in [-0.4, -0.2) is 37.7 Å². The van der Waals surface area contributed by atoms with Crippen molar-refractivity contribution in [3.63, 3.8) is 0 Å². The lowest BCUT2D eigenvalue weighted by Crippen LogP contribution is -2.47. The van der Waals surface area contributed by atoms with Crippen LogP contribution in [0.5, 0.6) is 0 Å². The first-order valence-corrected chi connectivity index (χ1v) is 7.26.